The van der Waals surface area contributed by atoms with Gasteiger partial charge >= 0.3 is 0 Å². The number of hydrogen-bond donors (Lipinski definition) is 3. The van der Waals surface area contributed by atoms with Crippen molar-refractivity contribution < 1.29 is 9.84 Å². The van der Waals surface area contributed by atoms with Gasteiger partial charge in [0, 0.05) is 39.1 Å². The van der Waals surface area contributed by atoms with Crippen LogP contribution in [0.3, 0.4) is 0 Å². The first kappa shape index (κ1) is 22.0. The molecule has 6 heteroatoms. The second-order valence-electron chi connectivity index (χ2n) is 7.10. The molecule has 142 valence electrons. The van der Waals surface area contributed by atoms with Crippen LogP contribution in [0.5, 0.6) is 0 Å². The lowest BCUT2D eigenvalue weighted by molar-refractivity contribution is -0.0565. The molecular formula is C18H36IN3O2. The summed E-state index contributed by atoms with van der Waals surface area (Å²) in [6.07, 6.45) is 11.0. The van der Waals surface area contributed by atoms with Crippen LogP contribution >= 0.6 is 24.0 Å². The van der Waals surface area contributed by atoms with Crippen LogP contribution in [0.2, 0.25) is 0 Å². The van der Waals surface area contributed by atoms with Gasteiger partial charge in [-0.3, -0.25) is 4.99 Å². The number of nitrogens with zero attached hydrogens (tertiary/aromatic N) is 1. The van der Waals surface area contributed by atoms with Gasteiger partial charge < -0.3 is 20.5 Å². The molecule has 2 aliphatic rings. The highest BCUT2D eigenvalue weighted by molar-refractivity contribution is 14.0. The van der Waals surface area contributed by atoms with E-state index in [1.165, 1.54) is 44.9 Å². The number of nitrogens with one attached hydrogen (secondary N) is 2. The first-order valence-electron chi connectivity index (χ1n) is 9.54. The van der Waals surface area contributed by atoms with Crippen LogP contribution < -0.4 is 10.6 Å². The maximum Gasteiger partial charge on any atom is 0.191 e. The Morgan fingerprint density at radius 2 is 1.88 bits per heavy atom. The molecule has 3 N–H and O–H groups in total. The molecule has 24 heavy (non-hydrogen) atoms. The second kappa shape index (κ2) is 12.3. The third kappa shape index (κ3) is 8.34. The molecule has 1 heterocycles. The lowest BCUT2D eigenvalue weighted by atomic mass is 9.95. The minimum Gasteiger partial charge on any atom is -0.388 e. The molecule has 5 nitrogen and oxygen atoms in total. The van der Waals surface area contributed by atoms with E-state index in [1.807, 2.05) is 0 Å². The van der Waals surface area contributed by atoms with Crippen LogP contribution in [-0.4, -0.2) is 49.5 Å². The van der Waals surface area contributed by atoms with Crippen molar-refractivity contribution >= 4 is 29.9 Å². The summed E-state index contributed by atoms with van der Waals surface area (Å²) >= 11 is 0. The standard InChI is InChI=1S/C18H35N3O2.HI/c1-2-19-17(21-15-18(22)10-13-23-14-11-18)20-12-6-5-9-16-7-3-4-8-16;/h16,22H,2-15H2,1H3,(H2,19,20,21);1H. The predicted octanol–water partition coefficient (Wildman–Crippen LogP) is 3.06. The quantitative estimate of drug-likeness (QED) is 0.229. The highest BCUT2D eigenvalue weighted by Crippen LogP contribution is 2.28. The summed E-state index contributed by atoms with van der Waals surface area (Å²) in [6.45, 7) is 5.60. The SMILES string of the molecule is CCNC(=NCC1(O)CCOCC1)NCCCCC1CCCC1.I. The van der Waals surface area contributed by atoms with Crippen molar-refractivity contribution in [3.8, 4) is 0 Å². The third-order valence-corrected chi connectivity index (χ3v) is 5.11. The number of aliphatic hydroxyl groups is 1. The van der Waals surface area contributed by atoms with Gasteiger partial charge in [-0.1, -0.05) is 38.5 Å². The molecule has 0 unspecified atom stereocenters. The van der Waals surface area contributed by atoms with E-state index in [2.05, 4.69) is 22.5 Å². The fraction of sp³-hybridized carbons (Fsp3) is 0.944. The van der Waals surface area contributed by atoms with Gasteiger partial charge in [0.05, 0.1) is 12.1 Å². The molecule has 0 aromatic carbocycles. The Hall–Kier alpha value is -0.0800. The van der Waals surface area contributed by atoms with Crippen LogP contribution in [-0.2, 0) is 4.74 Å². The predicted molar refractivity (Wildman–Crippen MR) is 110 cm³/mol. The zero-order valence-corrected chi connectivity index (χ0v) is 17.5. The van der Waals surface area contributed by atoms with Gasteiger partial charge in [-0.25, -0.2) is 0 Å². The van der Waals surface area contributed by atoms with Crippen molar-refractivity contribution in [2.75, 3.05) is 32.8 Å². The molecule has 1 aliphatic carbocycles. The second-order valence-corrected chi connectivity index (χ2v) is 7.10. The van der Waals surface area contributed by atoms with Crippen LogP contribution in [0.15, 0.2) is 4.99 Å². The number of unbranched alkanes of at least 4 members (excludes halogenated alkanes) is 1. The summed E-state index contributed by atoms with van der Waals surface area (Å²) < 4.78 is 5.31. The Bertz CT molecular complexity index is 354. The molecule has 0 atom stereocenters. The number of halogens is 1. The van der Waals surface area contributed by atoms with E-state index in [4.69, 9.17) is 4.74 Å². The van der Waals surface area contributed by atoms with E-state index < -0.39 is 5.60 Å². The van der Waals surface area contributed by atoms with Gasteiger partial charge in [-0.2, -0.15) is 0 Å². The Morgan fingerprint density at radius 1 is 1.17 bits per heavy atom. The smallest absolute Gasteiger partial charge is 0.191 e. The topological polar surface area (TPSA) is 65.9 Å². The molecular weight excluding hydrogens is 417 g/mol. The molecule has 0 radical (unpaired) electrons. The van der Waals surface area contributed by atoms with Crippen molar-refractivity contribution in [2.24, 2.45) is 10.9 Å². The summed E-state index contributed by atoms with van der Waals surface area (Å²) in [6, 6.07) is 0. The minimum absolute atomic E-state index is 0. The van der Waals surface area contributed by atoms with Crippen LogP contribution in [0.25, 0.3) is 0 Å². The molecule has 2 fully saturated rings. The van der Waals surface area contributed by atoms with Crippen molar-refractivity contribution in [2.45, 2.75) is 70.3 Å². The van der Waals surface area contributed by atoms with E-state index in [0.717, 1.165) is 25.0 Å². The average molecular weight is 453 g/mol. The number of hydrogen-bond acceptors (Lipinski definition) is 3. The minimum atomic E-state index is -0.691. The molecule has 0 aromatic rings. The molecule has 0 spiro atoms. The van der Waals surface area contributed by atoms with E-state index in [9.17, 15) is 5.11 Å². The fourth-order valence-electron chi connectivity index (χ4n) is 3.54. The summed E-state index contributed by atoms with van der Waals surface area (Å²) in [7, 11) is 0. The first-order valence-corrected chi connectivity index (χ1v) is 9.54. The normalized spacial score (nSPS) is 21.3. The van der Waals surface area contributed by atoms with Gasteiger partial charge in [-0.05, 0) is 19.3 Å². The zero-order valence-electron chi connectivity index (χ0n) is 15.2. The Kier molecular flexibility index (Phi) is 11.3. The van der Waals surface area contributed by atoms with Gasteiger partial charge in [-0.15, -0.1) is 24.0 Å². The van der Waals surface area contributed by atoms with Crippen molar-refractivity contribution in [1.29, 1.82) is 0 Å². The first-order chi connectivity index (χ1) is 11.2. The number of guanidine groups is 1. The lowest BCUT2D eigenvalue weighted by Crippen LogP contribution is -2.42. The van der Waals surface area contributed by atoms with Crippen LogP contribution in [0.4, 0.5) is 0 Å². The number of rotatable bonds is 8. The average Bonchev–Trinajstić information content (AvgIpc) is 3.06. The van der Waals surface area contributed by atoms with Crippen LogP contribution in [0.1, 0.15) is 64.7 Å². The Labute approximate surface area is 164 Å². The third-order valence-electron chi connectivity index (χ3n) is 5.11. The molecule has 2 rings (SSSR count). The Morgan fingerprint density at radius 3 is 2.54 bits per heavy atom. The lowest BCUT2D eigenvalue weighted by Gasteiger charge is -2.30. The summed E-state index contributed by atoms with van der Waals surface area (Å²) in [4.78, 5) is 4.57. The molecule has 1 aliphatic heterocycles. The van der Waals surface area contributed by atoms with Crippen molar-refractivity contribution in [3.63, 3.8) is 0 Å². The monoisotopic (exact) mass is 453 g/mol. The van der Waals surface area contributed by atoms with Crippen LogP contribution in [0, 0.1) is 5.92 Å². The molecule has 0 amide bonds. The van der Waals surface area contributed by atoms with Gasteiger partial charge in [0.1, 0.15) is 0 Å². The maximum absolute atomic E-state index is 10.5. The molecule has 0 aromatic heterocycles. The highest BCUT2D eigenvalue weighted by Gasteiger charge is 2.29. The summed E-state index contributed by atoms with van der Waals surface area (Å²) in [5, 5.41) is 17.1. The van der Waals surface area contributed by atoms with Gasteiger partial charge in [0.15, 0.2) is 5.96 Å². The van der Waals surface area contributed by atoms with E-state index in [-0.39, 0.29) is 24.0 Å². The maximum atomic E-state index is 10.5. The highest BCUT2D eigenvalue weighted by atomic mass is 127. The number of ether oxygens (including phenoxy) is 1. The van der Waals surface area contributed by atoms with Crippen molar-refractivity contribution in [1.82, 2.24) is 10.6 Å². The molecule has 1 saturated carbocycles. The van der Waals surface area contributed by atoms with E-state index >= 15 is 0 Å². The summed E-state index contributed by atoms with van der Waals surface area (Å²) in [5.74, 6) is 1.81. The summed E-state index contributed by atoms with van der Waals surface area (Å²) in [5.41, 5.74) is -0.691. The van der Waals surface area contributed by atoms with Gasteiger partial charge in [0.2, 0.25) is 0 Å². The largest absolute Gasteiger partial charge is 0.388 e. The Balaban J connectivity index is 0.00000288. The van der Waals surface area contributed by atoms with E-state index in [0.29, 0.717) is 32.6 Å². The van der Waals surface area contributed by atoms with E-state index in [1.54, 1.807) is 0 Å². The molecule has 1 saturated heterocycles. The molecule has 0 bridgehead atoms. The number of aliphatic imine (C=N–C) groups is 1. The fourth-order valence-corrected chi connectivity index (χ4v) is 3.54. The zero-order chi connectivity index (χ0) is 16.4. The van der Waals surface area contributed by atoms with Crippen molar-refractivity contribution in [3.05, 3.63) is 0 Å². The van der Waals surface area contributed by atoms with Gasteiger partial charge in [0.25, 0.3) is 0 Å².